The molecule has 3 aromatic rings. The first kappa shape index (κ1) is 10.9. The van der Waals surface area contributed by atoms with Gasteiger partial charge < -0.3 is 8.83 Å². The van der Waals surface area contributed by atoms with E-state index >= 15 is 0 Å². The van der Waals surface area contributed by atoms with Crippen molar-refractivity contribution in [2.45, 2.75) is 13.3 Å². The van der Waals surface area contributed by atoms with Crippen LogP contribution in [0.5, 0.6) is 0 Å². The zero-order chi connectivity index (χ0) is 12.4. The van der Waals surface area contributed by atoms with Crippen LogP contribution in [0.25, 0.3) is 11.3 Å². The lowest BCUT2D eigenvalue weighted by atomic mass is 10.2. The monoisotopic (exact) mass is 238 g/mol. The number of furan rings is 2. The van der Waals surface area contributed by atoms with Crippen LogP contribution < -0.4 is 0 Å². The van der Waals surface area contributed by atoms with Crippen LogP contribution >= 0.6 is 0 Å². The van der Waals surface area contributed by atoms with Gasteiger partial charge in [-0.25, -0.2) is 0 Å². The van der Waals surface area contributed by atoms with Crippen molar-refractivity contribution >= 4 is 0 Å². The Labute approximate surface area is 106 Å². The summed E-state index contributed by atoms with van der Waals surface area (Å²) in [4.78, 5) is 0. The molecule has 0 fully saturated rings. The third kappa shape index (κ3) is 2.23. The Balaban J connectivity index is 1.82. The Morgan fingerprint density at radius 2 is 1.50 bits per heavy atom. The summed E-state index contributed by atoms with van der Waals surface area (Å²) in [5.74, 6) is 3.68. The lowest BCUT2D eigenvalue weighted by Crippen LogP contribution is -1.81. The SMILES string of the molecule is Cc1ccc(Cc2ccc(-c3ccccc3)o2)o1. The normalized spacial score (nSPS) is 10.7. The molecule has 18 heavy (non-hydrogen) atoms. The van der Waals surface area contributed by atoms with Crippen LogP contribution in [0, 0.1) is 6.92 Å². The summed E-state index contributed by atoms with van der Waals surface area (Å²) in [6, 6.07) is 18.1. The number of rotatable bonds is 3. The number of hydrogen-bond donors (Lipinski definition) is 0. The van der Waals surface area contributed by atoms with Gasteiger partial charge in [-0.15, -0.1) is 0 Å². The fourth-order valence-corrected chi connectivity index (χ4v) is 1.98. The van der Waals surface area contributed by atoms with Crippen molar-refractivity contribution in [3.8, 4) is 11.3 Å². The standard InChI is InChI=1S/C16H14O2/c1-12-7-8-14(17-12)11-15-9-10-16(18-15)13-5-3-2-4-6-13/h2-10H,11H2,1H3. The molecule has 2 heterocycles. The van der Waals surface area contributed by atoms with Crippen LogP contribution in [-0.2, 0) is 6.42 Å². The molecule has 1 aromatic carbocycles. The molecule has 0 spiro atoms. The first-order chi connectivity index (χ1) is 8.81. The van der Waals surface area contributed by atoms with Crippen LogP contribution in [0.3, 0.4) is 0 Å². The Hall–Kier alpha value is -2.22. The largest absolute Gasteiger partial charge is 0.466 e. The van der Waals surface area contributed by atoms with E-state index in [1.165, 1.54) is 0 Å². The third-order valence-corrected chi connectivity index (χ3v) is 2.86. The van der Waals surface area contributed by atoms with Crippen molar-refractivity contribution in [3.63, 3.8) is 0 Å². The van der Waals surface area contributed by atoms with Crippen LogP contribution in [0.4, 0.5) is 0 Å². The van der Waals surface area contributed by atoms with E-state index in [9.17, 15) is 0 Å². The molecule has 3 rings (SSSR count). The molecule has 90 valence electrons. The van der Waals surface area contributed by atoms with E-state index in [0.29, 0.717) is 6.42 Å². The van der Waals surface area contributed by atoms with Gasteiger partial charge in [0.05, 0.1) is 6.42 Å². The second-order valence-electron chi connectivity index (χ2n) is 4.32. The highest BCUT2D eigenvalue weighted by atomic mass is 16.4. The molecule has 2 heteroatoms. The molecule has 0 saturated heterocycles. The maximum absolute atomic E-state index is 5.82. The summed E-state index contributed by atoms with van der Waals surface area (Å²) < 4.78 is 11.4. The van der Waals surface area contributed by atoms with Crippen LogP contribution in [0.2, 0.25) is 0 Å². The van der Waals surface area contributed by atoms with E-state index in [4.69, 9.17) is 8.83 Å². The van der Waals surface area contributed by atoms with E-state index in [0.717, 1.165) is 28.6 Å². The van der Waals surface area contributed by atoms with Crippen LogP contribution in [0.15, 0.2) is 63.4 Å². The maximum atomic E-state index is 5.82. The van der Waals surface area contributed by atoms with E-state index < -0.39 is 0 Å². The molecule has 0 saturated carbocycles. The summed E-state index contributed by atoms with van der Waals surface area (Å²) in [7, 11) is 0. The van der Waals surface area contributed by atoms with E-state index in [2.05, 4.69) is 0 Å². The zero-order valence-corrected chi connectivity index (χ0v) is 10.2. The highest BCUT2D eigenvalue weighted by Gasteiger charge is 2.07. The van der Waals surface area contributed by atoms with E-state index in [1.54, 1.807) is 0 Å². The molecule has 2 nitrogen and oxygen atoms in total. The molecular weight excluding hydrogens is 224 g/mol. The number of benzene rings is 1. The molecule has 0 aliphatic rings. The maximum Gasteiger partial charge on any atom is 0.134 e. The minimum atomic E-state index is 0.695. The molecule has 0 aliphatic carbocycles. The van der Waals surface area contributed by atoms with Crippen molar-refractivity contribution in [1.82, 2.24) is 0 Å². The first-order valence-electron chi connectivity index (χ1n) is 6.01. The average Bonchev–Trinajstić information content (AvgIpc) is 3.01. The molecule has 0 radical (unpaired) electrons. The molecule has 0 N–H and O–H groups in total. The van der Waals surface area contributed by atoms with Gasteiger partial charge >= 0.3 is 0 Å². The minimum Gasteiger partial charge on any atom is -0.466 e. The summed E-state index contributed by atoms with van der Waals surface area (Å²) in [5.41, 5.74) is 1.10. The molecular formula is C16H14O2. The van der Waals surface area contributed by atoms with Gasteiger partial charge in [0, 0.05) is 5.56 Å². The van der Waals surface area contributed by atoms with E-state index in [-0.39, 0.29) is 0 Å². The smallest absolute Gasteiger partial charge is 0.134 e. The molecule has 0 aliphatic heterocycles. The van der Waals surface area contributed by atoms with Gasteiger partial charge in [0.1, 0.15) is 23.0 Å². The topological polar surface area (TPSA) is 26.3 Å². The summed E-state index contributed by atoms with van der Waals surface area (Å²) in [6.07, 6.45) is 0.695. The zero-order valence-electron chi connectivity index (χ0n) is 10.2. The highest BCUT2D eigenvalue weighted by molar-refractivity contribution is 5.57. The Kier molecular flexibility index (Phi) is 2.77. The molecule has 0 unspecified atom stereocenters. The van der Waals surface area contributed by atoms with Crippen LogP contribution in [-0.4, -0.2) is 0 Å². The molecule has 0 amide bonds. The predicted molar refractivity (Wildman–Crippen MR) is 70.4 cm³/mol. The number of aryl methyl sites for hydroxylation is 1. The van der Waals surface area contributed by atoms with Crippen molar-refractivity contribution in [3.05, 3.63) is 71.9 Å². The molecule has 0 atom stereocenters. The second-order valence-corrected chi connectivity index (χ2v) is 4.32. The molecule has 2 aromatic heterocycles. The van der Waals surface area contributed by atoms with Gasteiger partial charge in [-0.05, 0) is 31.2 Å². The average molecular weight is 238 g/mol. The summed E-state index contributed by atoms with van der Waals surface area (Å²) in [5, 5.41) is 0. The third-order valence-electron chi connectivity index (χ3n) is 2.86. The summed E-state index contributed by atoms with van der Waals surface area (Å²) >= 11 is 0. The van der Waals surface area contributed by atoms with Crippen molar-refractivity contribution in [1.29, 1.82) is 0 Å². The Morgan fingerprint density at radius 1 is 0.778 bits per heavy atom. The summed E-state index contributed by atoms with van der Waals surface area (Å²) in [6.45, 7) is 1.95. The molecule has 0 bridgehead atoms. The quantitative estimate of drug-likeness (QED) is 0.674. The lowest BCUT2D eigenvalue weighted by molar-refractivity contribution is 0.465. The van der Waals surface area contributed by atoms with Crippen molar-refractivity contribution < 1.29 is 8.83 Å². The van der Waals surface area contributed by atoms with Gasteiger partial charge in [-0.3, -0.25) is 0 Å². The predicted octanol–water partition coefficient (Wildman–Crippen LogP) is 4.44. The minimum absolute atomic E-state index is 0.695. The van der Waals surface area contributed by atoms with Crippen molar-refractivity contribution in [2.24, 2.45) is 0 Å². The van der Waals surface area contributed by atoms with Crippen molar-refractivity contribution in [2.75, 3.05) is 0 Å². The van der Waals surface area contributed by atoms with Gasteiger partial charge in [0.25, 0.3) is 0 Å². The number of hydrogen-bond acceptors (Lipinski definition) is 2. The van der Waals surface area contributed by atoms with E-state index in [1.807, 2.05) is 61.5 Å². The highest BCUT2D eigenvalue weighted by Crippen LogP contribution is 2.23. The Bertz CT molecular complexity index is 632. The fourth-order valence-electron chi connectivity index (χ4n) is 1.98. The van der Waals surface area contributed by atoms with Gasteiger partial charge in [-0.1, -0.05) is 30.3 Å². The Morgan fingerprint density at radius 3 is 2.22 bits per heavy atom. The lowest BCUT2D eigenvalue weighted by Gasteiger charge is -1.96. The van der Waals surface area contributed by atoms with Gasteiger partial charge in [-0.2, -0.15) is 0 Å². The van der Waals surface area contributed by atoms with Crippen LogP contribution in [0.1, 0.15) is 17.3 Å². The second kappa shape index (κ2) is 4.57. The fraction of sp³-hybridized carbons (Fsp3) is 0.125. The van der Waals surface area contributed by atoms with Gasteiger partial charge in [0.2, 0.25) is 0 Å². The first-order valence-corrected chi connectivity index (χ1v) is 6.01. The van der Waals surface area contributed by atoms with Gasteiger partial charge in [0.15, 0.2) is 0 Å².